The third-order valence-corrected chi connectivity index (χ3v) is 3.69. The van der Waals surface area contributed by atoms with E-state index in [4.69, 9.17) is 11.6 Å². The molecule has 2 rings (SSSR count). The second-order valence-electron chi connectivity index (χ2n) is 4.43. The van der Waals surface area contributed by atoms with Crippen LogP contribution in [-0.2, 0) is 6.42 Å². The van der Waals surface area contributed by atoms with Gasteiger partial charge in [-0.1, -0.05) is 25.1 Å². The maximum Gasteiger partial charge on any atom is 0.101 e. The van der Waals surface area contributed by atoms with Gasteiger partial charge in [0.25, 0.3) is 0 Å². The average molecular weight is 264 g/mol. The molecule has 0 saturated carbocycles. The molecule has 1 unspecified atom stereocenters. The van der Waals surface area contributed by atoms with Gasteiger partial charge < -0.3 is 0 Å². The Kier molecular flexibility index (Phi) is 4.02. The largest absolute Gasteiger partial charge is 0.220 e. The first-order valence-corrected chi connectivity index (χ1v) is 6.75. The lowest BCUT2D eigenvalue weighted by Crippen LogP contribution is -1.97. The fraction of sp³-hybridized carbons (Fsp3) is 0.429. The van der Waals surface area contributed by atoms with Gasteiger partial charge in [-0.15, -0.1) is 16.7 Å². The number of halogens is 1. The van der Waals surface area contributed by atoms with E-state index in [0.717, 1.165) is 24.2 Å². The summed E-state index contributed by atoms with van der Waals surface area (Å²) >= 11 is 6.15. The van der Waals surface area contributed by atoms with Crippen LogP contribution in [0.5, 0.6) is 0 Å². The minimum Gasteiger partial charge on any atom is -0.220 e. The van der Waals surface area contributed by atoms with E-state index in [-0.39, 0.29) is 5.38 Å². The first-order valence-electron chi connectivity index (χ1n) is 6.32. The van der Waals surface area contributed by atoms with Gasteiger partial charge in [-0.2, -0.15) is 0 Å². The van der Waals surface area contributed by atoms with Crippen molar-refractivity contribution in [3.05, 3.63) is 41.2 Å². The predicted octanol–water partition coefficient (Wildman–Crippen LogP) is 3.83. The van der Waals surface area contributed by atoms with Gasteiger partial charge in [-0.25, -0.2) is 4.68 Å². The fourth-order valence-corrected chi connectivity index (χ4v) is 2.07. The standard InChI is InChI=1S/C14H18ClN3/c1-4-11-6-7-12(8-10(11)3)18-9-14(16-17-18)13(15)5-2/h6-9,13H,4-5H2,1-3H3. The number of alkyl halides is 1. The summed E-state index contributed by atoms with van der Waals surface area (Å²) in [5.74, 6) is 0. The van der Waals surface area contributed by atoms with E-state index in [0.29, 0.717) is 0 Å². The molecule has 0 aliphatic rings. The smallest absolute Gasteiger partial charge is 0.101 e. The van der Waals surface area contributed by atoms with Crippen LogP contribution >= 0.6 is 11.6 Å². The monoisotopic (exact) mass is 263 g/mol. The summed E-state index contributed by atoms with van der Waals surface area (Å²) in [6, 6.07) is 6.34. The quantitative estimate of drug-likeness (QED) is 0.785. The molecule has 2 aromatic rings. The molecule has 0 radical (unpaired) electrons. The summed E-state index contributed by atoms with van der Waals surface area (Å²) in [6.07, 6.45) is 3.81. The van der Waals surface area contributed by atoms with Crippen LogP contribution < -0.4 is 0 Å². The highest BCUT2D eigenvalue weighted by Gasteiger charge is 2.11. The van der Waals surface area contributed by atoms with Crippen molar-refractivity contribution in [1.29, 1.82) is 0 Å². The van der Waals surface area contributed by atoms with Crippen LogP contribution in [0.1, 0.15) is 42.5 Å². The molecule has 96 valence electrons. The van der Waals surface area contributed by atoms with Crippen molar-refractivity contribution in [3.63, 3.8) is 0 Å². The zero-order valence-corrected chi connectivity index (χ0v) is 11.8. The van der Waals surface area contributed by atoms with Crippen LogP contribution in [0, 0.1) is 6.92 Å². The molecule has 1 aromatic carbocycles. The van der Waals surface area contributed by atoms with E-state index in [2.05, 4.69) is 42.4 Å². The van der Waals surface area contributed by atoms with Gasteiger partial charge in [0, 0.05) is 0 Å². The van der Waals surface area contributed by atoms with Gasteiger partial charge in [-0.05, 0) is 43.0 Å². The first kappa shape index (κ1) is 13.1. The second kappa shape index (κ2) is 5.53. The molecular formula is C14H18ClN3. The highest BCUT2D eigenvalue weighted by Crippen LogP contribution is 2.22. The first-order chi connectivity index (χ1) is 8.65. The van der Waals surface area contributed by atoms with Crippen molar-refractivity contribution < 1.29 is 0 Å². The van der Waals surface area contributed by atoms with Crippen molar-refractivity contribution in [2.75, 3.05) is 0 Å². The summed E-state index contributed by atoms with van der Waals surface area (Å²) in [4.78, 5) is 0. The third kappa shape index (κ3) is 2.56. The summed E-state index contributed by atoms with van der Waals surface area (Å²) < 4.78 is 1.78. The molecule has 3 nitrogen and oxygen atoms in total. The molecule has 0 aliphatic carbocycles. The third-order valence-electron chi connectivity index (χ3n) is 3.16. The van der Waals surface area contributed by atoms with Gasteiger partial charge in [0.2, 0.25) is 0 Å². The topological polar surface area (TPSA) is 30.7 Å². The summed E-state index contributed by atoms with van der Waals surface area (Å²) in [5.41, 5.74) is 4.51. The van der Waals surface area contributed by atoms with Gasteiger partial charge in [0.1, 0.15) is 5.69 Å². The van der Waals surface area contributed by atoms with Gasteiger partial charge in [-0.3, -0.25) is 0 Å². The van der Waals surface area contributed by atoms with E-state index >= 15 is 0 Å². The average Bonchev–Trinajstić information content (AvgIpc) is 2.87. The highest BCUT2D eigenvalue weighted by atomic mass is 35.5. The van der Waals surface area contributed by atoms with Gasteiger partial charge in [0.05, 0.1) is 17.3 Å². The molecule has 4 heteroatoms. The predicted molar refractivity (Wildman–Crippen MR) is 74.4 cm³/mol. The molecule has 1 atom stereocenters. The van der Waals surface area contributed by atoms with Crippen molar-refractivity contribution >= 4 is 11.6 Å². The van der Waals surface area contributed by atoms with Crippen molar-refractivity contribution in [2.45, 2.75) is 39.0 Å². The van der Waals surface area contributed by atoms with E-state index < -0.39 is 0 Å². The van der Waals surface area contributed by atoms with E-state index in [9.17, 15) is 0 Å². The minimum absolute atomic E-state index is 0.0604. The lowest BCUT2D eigenvalue weighted by Gasteiger charge is -2.06. The van der Waals surface area contributed by atoms with Crippen molar-refractivity contribution in [3.8, 4) is 5.69 Å². The number of benzene rings is 1. The van der Waals surface area contributed by atoms with Crippen molar-refractivity contribution in [1.82, 2.24) is 15.0 Å². The van der Waals surface area contributed by atoms with Crippen molar-refractivity contribution in [2.24, 2.45) is 0 Å². The van der Waals surface area contributed by atoms with Crippen LogP contribution in [0.25, 0.3) is 5.69 Å². The maximum atomic E-state index is 6.15. The lowest BCUT2D eigenvalue weighted by molar-refractivity contribution is 0.785. The number of aromatic nitrogens is 3. The molecule has 18 heavy (non-hydrogen) atoms. The number of hydrogen-bond donors (Lipinski definition) is 0. The Morgan fingerprint density at radius 3 is 2.72 bits per heavy atom. The van der Waals surface area contributed by atoms with Crippen LogP contribution in [0.2, 0.25) is 0 Å². The fourth-order valence-electron chi connectivity index (χ4n) is 1.97. The molecule has 0 fully saturated rings. The molecular weight excluding hydrogens is 246 g/mol. The summed E-state index contributed by atoms with van der Waals surface area (Å²) in [7, 11) is 0. The SMILES string of the molecule is CCc1ccc(-n2cc(C(Cl)CC)nn2)cc1C. The highest BCUT2D eigenvalue weighted by molar-refractivity contribution is 6.20. The molecule has 0 aliphatic heterocycles. The number of hydrogen-bond acceptors (Lipinski definition) is 2. The van der Waals surface area contributed by atoms with Crippen LogP contribution in [0.15, 0.2) is 24.4 Å². The van der Waals surface area contributed by atoms with E-state index in [1.165, 1.54) is 11.1 Å². The van der Waals surface area contributed by atoms with Crippen LogP contribution in [0.4, 0.5) is 0 Å². The summed E-state index contributed by atoms with van der Waals surface area (Å²) in [5, 5.41) is 8.19. The number of nitrogens with zero attached hydrogens (tertiary/aromatic N) is 3. The molecule has 1 aromatic heterocycles. The molecule has 0 bridgehead atoms. The Labute approximate surface area is 113 Å². The normalized spacial score (nSPS) is 12.7. The zero-order valence-electron chi connectivity index (χ0n) is 11.0. The van der Waals surface area contributed by atoms with Crippen LogP contribution in [-0.4, -0.2) is 15.0 Å². The second-order valence-corrected chi connectivity index (χ2v) is 4.95. The molecule has 0 spiro atoms. The van der Waals surface area contributed by atoms with E-state index in [1.54, 1.807) is 4.68 Å². The van der Waals surface area contributed by atoms with Gasteiger partial charge >= 0.3 is 0 Å². The Hall–Kier alpha value is -1.35. The zero-order chi connectivity index (χ0) is 13.1. The van der Waals surface area contributed by atoms with E-state index in [1.807, 2.05) is 13.1 Å². The summed E-state index contributed by atoms with van der Waals surface area (Å²) in [6.45, 7) is 6.32. The molecule has 0 amide bonds. The minimum atomic E-state index is -0.0604. The van der Waals surface area contributed by atoms with Gasteiger partial charge in [0.15, 0.2) is 0 Å². The van der Waals surface area contributed by atoms with Crippen LogP contribution in [0.3, 0.4) is 0 Å². The molecule has 0 N–H and O–H groups in total. The Morgan fingerprint density at radius 1 is 1.33 bits per heavy atom. The molecule has 1 heterocycles. The Balaban J connectivity index is 2.31. The Bertz CT molecular complexity index is 534. The number of rotatable bonds is 4. The maximum absolute atomic E-state index is 6.15. The lowest BCUT2D eigenvalue weighted by atomic mass is 10.1. The Morgan fingerprint density at radius 2 is 2.11 bits per heavy atom. The molecule has 0 saturated heterocycles. The number of aryl methyl sites for hydroxylation is 2.